The first kappa shape index (κ1) is 18.7. The zero-order valence-corrected chi connectivity index (χ0v) is 14.5. The molecule has 0 aliphatic heterocycles. The third kappa shape index (κ3) is 6.81. The van der Waals surface area contributed by atoms with Gasteiger partial charge in [-0.2, -0.15) is 0 Å². The molecule has 134 valence electrons. The van der Waals surface area contributed by atoms with Gasteiger partial charge in [-0.3, -0.25) is 9.69 Å². The number of rotatable bonds is 9. The lowest BCUT2D eigenvalue weighted by molar-refractivity contribution is -0.117. The van der Waals surface area contributed by atoms with E-state index in [4.69, 9.17) is 9.47 Å². The van der Waals surface area contributed by atoms with Crippen molar-refractivity contribution in [3.63, 3.8) is 0 Å². The third-order valence-corrected chi connectivity index (χ3v) is 3.53. The summed E-state index contributed by atoms with van der Waals surface area (Å²) >= 11 is 0. The van der Waals surface area contributed by atoms with Gasteiger partial charge in [-0.15, -0.1) is 0 Å². The maximum absolute atomic E-state index is 13.1. The maximum atomic E-state index is 13.1. The lowest BCUT2D eigenvalue weighted by Crippen LogP contribution is -2.31. The molecule has 0 atom stereocenters. The monoisotopic (exact) mass is 346 g/mol. The van der Waals surface area contributed by atoms with Gasteiger partial charge in [-0.1, -0.05) is 6.07 Å². The predicted molar refractivity (Wildman–Crippen MR) is 95.6 cm³/mol. The summed E-state index contributed by atoms with van der Waals surface area (Å²) in [5.41, 5.74) is 0.459. The van der Waals surface area contributed by atoms with E-state index in [9.17, 15) is 9.18 Å². The second-order valence-electron chi connectivity index (χ2n) is 5.67. The molecule has 1 N–H and O–H groups in total. The fourth-order valence-corrected chi connectivity index (χ4v) is 2.29. The highest BCUT2D eigenvalue weighted by Crippen LogP contribution is 2.17. The SMILES string of the molecule is COc1ccc(OCCCN(C)CC(=O)Nc2cccc(F)c2)cc1. The molecule has 0 radical (unpaired) electrons. The summed E-state index contributed by atoms with van der Waals surface area (Å²) in [5, 5.41) is 2.68. The van der Waals surface area contributed by atoms with Crippen LogP contribution in [0.2, 0.25) is 0 Å². The molecule has 2 rings (SSSR count). The van der Waals surface area contributed by atoms with Crippen LogP contribution in [0.5, 0.6) is 11.5 Å². The number of nitrogens with one attached hydrogen (secondary N) is 1. The number of nitrogens with zero attached hydrogens (tertiary/aromatic N) is 1. The summed E-state index contributed by atoms with van der Waals surface area (Å²) in [4.78, 5) is 13.8. The summed E-state index contributed by atoms with van der Waals surface area (Å²) < 4.78 is 23.8. The first-order chi connectivity index (χ1) is 12.1. The predicted octanol–water partition coefficient (Wildman–Crippen LogP) is 3.17. The van der Waals surface area contributed by atoms with Crippen LogP contribution >= 0.6 is 0 Å². The molecule has 6 heteroatoms. The Morgan fingerprint density at radius 1 is 1.16 bits per heavy atom. The first-order valence-corrected chi connectivity index (χ1v) is 8.07. The summed E-state index contributed by atoms with van der Waals surface area (Å²) in [6.07, 6.45) is 0.787. The average molecular weight is 346 g/mol. The van der Waals surface area contributed by atoms with Crippen LogP contribution in [0.25, 0.3) is 0 Å². The van der Waals surface area contributed by atoms with E-state index in [1.54, 1.807) is 19.2 Å². The van der Waals surface area contributed by atoms with Crippen molar-refractivity contribution in [2.75, 3.05) is 39.2 Å². The van der Waals surface area contributed by atoms with Gasteiger partial charge in [0.1, 0.15) is 17.3 Å². The number of anilines is 1. The highest BCUT2D eigenvalue weighted by Gasteiger charge is 2.07. The Morgan fingerprint density at radius 3 is 2.56 bits per heavy atom. The lowest BCUT2D eigenvalue weighted by atomic mass is 10.3. The van der Waals surface area contributed by atoms with Crippen LogP contribution in [0.3, 0.4) is 0 Å². The molecule has 0 aliphatic carbocycles. The number of likely N-dealkylation sites (N-methyl/N-ethyl adjacent to an activating group) is 1. The van der Waals surface area contributed by atoms with Crippen molar-refractivity contribution in [1.82, 2.24) is 4.90 Å². The highest BCUT2D eigenvalue weighted by molar-refractivity contribution is 5.92. The van der Waals surface area contributed by atoms with Crippen LogP contribution in [0.4, 0.5) is 10.1 Å². The maximum Gasteiger partial charge on any atom is 0.238 e. The van der Waals surface area contributed by atoms with E-state index in [2.05, 4.69) is 5.32 Å². The average Bonchev–Trinajstić information content (AvgIpc) is 2.59. The summed E-state index contributed by atoms with van der Waals surface area (Å²) in [5.74, 6) is 1.02. The quantitative estimate of drug-likeness (QED) is 0.709. The number of benzene rings is 2. The van der Waals surface area contributed by atoms with Crippen molar-refractivity contribution in [2.45, 2.75) is 6.42 Å². The molecule has 0 bridgehead atoms. The molecule has 0 unspecified atom stereocenters. The van der Waals surface area contributed by atoms with Gasteiger partial charge in [0, 0.05) is 12.2 Å². The van der Waals surface area contributed by atoms with Crippen molar-refractivity contribution in [2.24, 2.45) is 0 Å². The van der Waals surface area contributed by atoms with E-state index >= 15 is 0 Å². The molecule has 2 aromatic carbocycles. The summed E-state index contributed by atoms with van der Waals surface area (Å²) in [6, 6.07) is 13.3. The molecule has 0 aromatic heterocycles. The number of carbonyl (C=O) groups excluding carboxylic acids is 1. The number of amides is 1. The summed E-state index contributed by atoms with van der Waals surface area (Å²) in [6.45, 7) is 1.51. The molecular weight excluding hydrogens is 323 g/mol. The zero-order chi connectivity index (χ0) is 18.1. The van der Waals surface area contributed by atoms with Crippen LogP contribution < -0.4 is 14.8 Å². The van der Waals surface area contributed by atoms with Crippen LogP contribution in [0.1, 0.15) is 6.42 Å². The largest absolute Gasteiger partial charge is 0.497 e. The lowest BCUT2D eigenvalue weighted by Gasteiger charge is -2.16. The van der Waals surface area contributed by atoms with Gasteiger partial charge >= 0.3 is 0 Å². The Kier molecular flexibility index (Phi) is 7.22. The zero-order valence-electron chi connectivity index (χ0n) is 14.5. The van der Waals surface area contributed by atoms with Crippen LogP contribution in [0.15, 0.2) is 48.5 Å². The Balaban J connectivity index is 1.64. The summed E-state index contributed by atoms with van der Waals surface area (Å²) in [7, 11) is 3.48. The molecule has 0 fully saturated rings. The number of hydrogen-bond donors (Lipinski definition) is 1. The van der Waals surface area contributed by atoms with Crippen LogP contribution in [0, 0.1) is 5.82 Å². The third-order valence-electron chi connectivity index (χ3n) is 3.53. The first-order valence-electron chi connectivity index (χ1n) is 8.07. The minimum absolute atomic E-state index is 0.177. The Morgan fingerprint density at radius 2 is 1.88 bits per heavy atom. The van der Waals surface area contributed by atoms with Gasteiger partial charge in [-0.05, 0) is 55.9 Å². The van der Waals surface area contributed by atoms with E-state index < -0.39 is 0 Å². The smallest absolute Gasteiger partial charge is 0.238 e. The van der Waals surface area contributed by atoms with Crippen molar-refractivity contribution in [3.05, 3.63) is 54.3 Å². The second kappa shape index (κ2) is 9.64. The van der Waals surface area contributed by atoms with E-state index in [-0.39, 0.29) is 18.3 Å². The van der Waals surface area contributed by atoms with E-state index in [0.29, 0.717) is 18.8 Å². The van der Waals surface area contributed by atoms with Crippen molar-refractivity contribution in [1.29, 1.82) is 0 Å². The van der Waals surface area contributed by atoms with Crippen LogP contribution in [-0.4, -0.2) is 44.7 Å². The molecule has 0 aliphatic rings. The minimum atomic E-state index is -0.373. The van der Waals surface area contributed by atoms with E-state index in [0.717, 1.165) is 17.9 Å². The molecule has 5 nitrogen and oxygen atoms in total. The molecule has 0 saturated heterocycles. The van der Waals surface area contributed by atoms with Crippen LogP contribution in [-0.2, 0) is 4.79 Å². The van der Waals surface area contributed by atoms with E-state index in [1.165, 1.54) is 12.1 Å². The van der Waals surface area contributed by atoms with Gasteiger partial charge in [0.2, 0.25) is 5.91 Å². The fraction of sp³-hybridized carbons (Fsp3) is 0.316. The molecule has 0 saturated carbocycles. The number of ether oxygens (including phenoxy) is 2. The second-order valence-corrected chi connectivity index (χ2v) is 5.67. The normalized spacial score (nSPS) is 10.6. The fourth-order valence-electron chi connectivity index (χ4n) is 2.29. The number of methoxy groups -OCH3 is 1. The Hall–Kier alpha value is -2.60. The molecular formula is C19H23FN2O3. The van der Waals surface area contributed by atoms with Gasteiger partial charge in [-0.25, -0.2) is 4.39 Å². The van der Waals surface area contributed by atoms with Crippen molar-refractivity contribution >= 4 is 11.6 Å². The number of carbonyl (C=O) groups is 1. The van der Waals surface area contributed by atoms with Gasteiger partial charge < -0.3 is 14.8 Å². The molecule has 1 amide bonds. The van der Waals surface area contributed by atoms with Crippen molar-refractivity contribution in [3.8, 4) is 11.5 Å². The van der Waals surface area contributed by atoms with Gasteiger partial charge in [0.15, 0.2) is 0 Å². The standard InChI is InChI=1S/C19H23FN2O3/c1-22(14-19(23)21-16-6-3-5-15(20)13-16)11-4-12-25-18-9-7-17(24-2)8-10-18/h3,5-10,13H,4,11-12,14H2,1-2H3,(H,21,23). The molecule has 0 spiro atoms. The van der Waals surface area contributed by atoms with Gasteiger partial charge in [0.05, 0.1) is 20.3 Å². The minimum Gasteiger partial charge on any atom is -0.497 e. The number of halogens is 1. The Bertz CT molecular complexity index is 677. The van der Waals surface area contributed by atoms with E-state index in [1.807, 2.05) is 36.2 Å². The molecule has 0 heterocycles. The topological polar surface area (TPSA) is 50.8 Å². The number of hydrogen-bond acceptors (Lipinski definition) is 4. The molecule has 25 heavy (non-hydrogen) atoms. The van der Waals surface area contributed by atoms with Crippen molar-refractivity contribution < 1.29 is 18.7 Å². The Labute approximate surface area is 147 Å². The molecule has 2 aromatic rings. The highest BCUT2D eigenvalue weighted by atomic mass is 19.1. The van der Waals surface area contributed by atoms with Gasteiger partial charge in [0.25, 0.3) is 0 Å².